The van der Waals surface area contributed by atoms with Crippen molar-refractivity contribution in [3.05, 3.63) is 59.7 Å². The standard InChI is InChI=1S/C18H19F2N3O2/c1-12(13-7-9-16(10-8-13)25-18(19)20)21-22-17(24)14-5-4-6-15(11-14)23(2)3/h4-11,18H,1-3H3,(H,22,24)/b21-12+. The van der Waals surface area contributed by atoms with Crippen LogP contribution in [0.15, 0.2) is 53.6 Å². The summed E-state index contributed by atoms with van der Waals surface area (Å²) in [6, 6.07) is 13.2. The van der Waals surface area contributed by atoms with Crippen molar-refractivity contribution in [3.63, 3.8) is 0 Å². The average molecular weight is 347 g/mol. The number of nitrogens with zero attached hydrogens (tertiary/aromatic N) is 2. The number of hydrogen-bond donors (Lipinski definition) is 1. The van der Waals surface area contributed by atoms with E-state index in [2.05, 4.69) is 15.3 Å². The minimum absolute atomic E-state index is 0.0658. The molecule has 25 heavy (non-hydrogen) atoms. The van der Waals surface area contributed by atoms with Gasteiger partial charge in [-0.2, -0.15) is 13.9 Å². The van der Waals surface area contributed by atoms with Gasteiger partial charge in [-0.25, -0.2) is 5.43 Å². The first-order valence-electron chi connectivity index (χ1n) is 7.54. The van der Waals surface area contributed by atoms with Crippen molar-refractivity contribution in [1.29, 1.82) is 0 Å². The maximum absolute atomic E-state index is 12.2. The van der Waals surface area contributed by atoms with Crippen LogP contribution in [-0.2, 0) is 0 Å². The van der Waals surface area contributed by atoms with E-state index in [1.807, 2.05) is 25.1 Å². The molecule has 0 saturated heterocycles. The SMILES string of the molecule is C/C(=N\NC(=O)c1cccc(N(C)C)c1)c1ccc(OC(F)F)cc1. The van der Waals surface area contributed by atoms with Crippen LogP contribution < -0.4 is 15.1 Å². The number of hydrogen-bond acceptors (Lipinski definition) is 4. The Bertz CT molecular complexity index is 759. The van der Waals surface area contributed by atoms with Crippen LogP contribution >= 0.6 is 0 Å². The minimum Gasteiger partial charge on any atom is -0.435 e. The van der Waals surface area contributed by atoms with Gasteiger partial charge in [-0.15, -0.1) is 0 Å². The highest BCUT2D eigenvalue weighted by Crippen LogP contribution is 2.16. The number of amides is 1. The van der Waals surface area contributed by atoms with Gasteiger partial charge in [0.2, 0.25) is 0 Å². The van der Waals surface area contributed by atoms with Crippen LogP contribution in [0.1, 0.15) is 22.8 Å². The summed E-state index contributed by atoms with van der Waals surface area (Å²) in [6.45, 7) is -1.16. The molecule has 2 rings (SSSR count). The van der Waals surface area contributed by atoms with Gasteiger partial charge in [-0.05, 0) is 55.0 Å². The fourth-order valence-electron chi connectivity index (χ4n) is 2.07. The Hall–Kier alpha value is -2.96. The van der Waals surface area contributed by atoms with Gasteiger partial charge >= 0.3 is 6.61 Å². The highest BCUT2D eigenvalue weighted by atomic mass is 19.3. The number of benzene rings is 2. The normalized spacial score (nSPS) is 11.4. The van der Waals surface area contributed by atoms with Gasteiger partial charge in [0.05, 0.1) is 5.71 Å². The fourth-order valence-corrected chi connectivity index (χ4v) is 2.07. The van der Waals surface area contributed by atoms with E-state index in [9.17, 15) is 13.6 Å². The van der Waals surface area contributed by atoms with Crippen molar-refractivity contribution in [1.82, 2.24) is 5.43 Å². The predicted octanol–water partition coefficient (Wildman–Crippen LogP) is 3.51. The van der Waals surface area contributed by atoms with Crippen molar-refractivity contribution < 1.29 is 18.3 Å². The van der Waals surface area contributed by atoms with Gasteiger partial charge in [0.15, 0.2) is 0 Å². The van der Waals surface area contributed by atoms with Gasteiger partial charge in [0, 0.05) is 25.3 Å². The van der Waals surface area contributed by atoms with Crippen LogP contribution in [-0.4, -0.2) is 32.3 Å². The Balaban J connectivity index is 2.05. The summed E-state index contributed by atoms with van der Waals surface area (Å²) in [5, 5.41) is 4.05. The predicted molar refractivity (Wildman–Crippen MR) is 93.5 cm³/mol. The second-order valence-corrected chi connectivity index (χ2v) is 5.49. The van der Waals surface area contributed by atoms with Crippen molar-refractivity contribution in [2.24, 2.45) is 5.10 Å². The van der Waals surface area contributed by atoms with Crippen LogP contribution in [0.4, 0.5) is 14.5 Å². The number of nitrogens with one attached hydrogen (secondary N) is 1. The number of hydrazone groups is 1. The third kappa shape index (κ3) is 5.27. The summed E-state index contributed by atoms with van der Waals surface area (Å²) in [5.41, 5.74) is 5.11. The van der Waals surface area contributed by atoms with Crippen molar-refractivity contribution >= 4 is 17.3 Å². The summed E-state index contributed by atoms with van der Waals surface area (Å²) in [6.07, 6.45) is 0. The van der Waals surface area contributed by atoms with Crippen molar-refractivity contribution in [3.8, 4) is 5.75 Å². The Morgan fingerprint density at radius 3 is 2.40 bits per heavy atom. The molecule has 0 aliphatic carbocycles. The van der Waals surface area contributed by atoms with Crippen LogP contribution in [0.2, 0.25) is 0 Å². The van der Waals surface area contributed by atoms with Crippen molar-refractivity contribution in [2.45, 2.75) is 13.5 Å². The molecule has 7 heteroatoms. The molecule has 0 aliphatic rings. The van der Waals surface area contributed by atoms with E-state index in [0.717, 1.165) is 5.69 Å². The number of carbonyl (C=O) groups excluding carboxylic acids is 1. The molecular formula is C18H19F2N3O2. The molecule has 5 nitrogen and oxygen atoms in total. The van der Waals surface area contributed by atoms with E-state index in [4.69, 9.17) is 0 Å². The van der Waals surface area contributed by atoms with E-state index >= 15 is 0 Å². The number of anilines is 1. The zero-order valence-corrected chi connectivity index (χ0v) is 14.2. The van der Waals surface area contributed by atoms with Crippen LogP contribution in [0, 0.1) is 0 Å². The molecule has 0 spiro atoms. The number of carbonyl (C=O) groups is 1. The van der Waals surface area contributed by atoms with E-state index < -0.39 is 6.61 Å². The molecule has 0 atom stereocenters. The maximum Gasteiger partial charge on any atom is 0.387 e. The molecule has 132 valence electrons. The van der Waals surface area contributed by atoms with E-state index in [0.29, 0.717) is 16.8 Å². The number of halogens is 2. The fraction of sp³-hybridized carbons (Fsp3) is 0.222. The lowest BCUT2D eigenvalue weighted by Crippen LogP contribution is -2.20. The molecule has 0 aromatic heterocycles. The zero-order chi connectivity index (χ0) is 18.4. The zero-order valence-electron chi connectivity index (χ0n) is 14.2. The largest absolute Gasteiger partial charge is 0.435 e. The first-order chi connectivity index (χ1) is 11.9. The molecule has 0 fully saturated rings. The highest BCUT2D eigenvalue weighted by Gasteiger charge is 2.08. The second-order valence-electron chi connectivity index (χ2n) is 5.49. The molecule has 0 aliphatic heterocycles. The smallest absolute Gasteiger partial charge is 0.387 e. The molecule has 0 radical (unpaired) electrons. The van der Waals surface area contributed by atoms with Gasteiger partial charge in [-0.3, -0.25) is 4.79 Å². The monoisotopic (exact) mass is 347 g/mol. The number of rotatable bonds is 6. The van der Waals surface area contributed by atoms with Gasteiger partial charge in [0.25, 0.3) is 5.91 Å². The summed E-state index contributed by atoms with van der Waals surface area (Å²) in [7, 11) is 3.78. The Morgan fingerprint density at radius 2 is 1.80 bits per heavy atom. The van der Waals surface area contributed by atoms with E-state index in [1.54, 1.807) is 37.3 Å². The van der Waals surface area contributed by atoms with Gasteiger partial charge in [-0.1, -0.05) is 6.07 Å². The Labute approximate surface area is 144 Å². The molecule has 2 aromatic carbocycles. The molecular weight excluding hydrogens is 328 g/mol. The molecule has 1 amide bonds. The van der Waals surface area contributed by atoms with Gasteiger partial charge in [0.1, 0.15) is 5.75 Å². The van der Waals surface area contributed by atoms with Crippen LogP contribution in [0.5, 0.6) is 5.75 Å². The first-order valence-corrected chi connectivity index (χ1v) is 7.54. The third-order valence-corrected chi connectivity index (χ3v) is 3.45. The molecule has 0 bridgehead atoms. The average Bonchev–Trinajstić information content (AvgIpc) is 2.59. The maximum atomic E-state index is 12.2. The first kappa shape index (κ1) is 18.4. The second kappa shape index (κ2) is 8.23. The lowest BCUT2D eigenvalue weighted by atomic mass is 10.1. The van der Waals surface area contributed by atoms with Gasteiger partial charge < -0.3 is 9.64 Å². The lowest BCUT2D eigenvalue weighted by molar-refractivity contribution is -0.0498. The molecule has 0 unspecified atom stereocenters. The Morgan fingerprint density at radius 1 is 1.12 bits per heavy atom. The Kier molecular flexibility index (Phi) is 6.05. The third-order valence-electron chi connectivity index (χ3n) is 3.45. The molecule has 0 heterocycles. The van der Waals surface area contributed by atoms with Crippen LogP contribution in [0.25, 0.3) is 0 Å². The number of alkyl halides is 2. The number of ether oxygens (including phenoxy) is 1. The topological polar surface area (TPSA) is 53.9 Å². The lowest BCUT2D eigenvalue weighted by Gasteiger charge is -2.13. The summed E-state index contributed by atoms with van der Waals surface area (Å²) < 4.78 is 28.6. The van der Waals surface area contributed by atoms with Crippen molar-refractivity contribution in [2.75, 3.05) is 19.0 Å². The molecule has 2 aromatic rings. The van der Waals surface area contributed by atoms with E-state index in [1.165, 1.54) is 12.1 Å². The highest BCUT2D eigenvalue weighted by molar-refractivity contribution is 6.01. The summed E-state index contributed by atoms with van der Waals surface area (Å²) in [5.74, 6) is -0.267. The minimum atomic E-state index is -2.86. The van der Waals surface area contributed by atoms with E-state index in [-0.39, 0.29) is 11.7 Å². The summed E-state index contributed by atoms with van der Waals surface area (Å²) in [4.78, 5) is 14.1. The molecule has 0 saturated carbocycles. The van der Waals surface area contributed by atoms with Crippen LogP contribution in [0.3, 0.4) is 0 Å². The molecule has 1 N–H and O–H groups in total. The quantitative estimate of drug-likeness (QED) is 0.643. The summed E-state index contributed by atoms with van der Waals surface area (Å²) >= 11 is 0.